The molecule has 10 aromatic carbocycles. The zero-order chi connectivity index (χ0) is 39.8. The van der Waals surface area contributed by atoms with Crippen LogP contribution in [0.25, 0.3) is 86.6 Å². The number of hydrogen-bond acceptors (Lipinski definition) is 2. The molecule has 60 heavy (non-hydrogen) atoms. The van der Waals surface area contributed by atoms with Crippen molar-refractivity contribution in [2.45, 2.75) is 0 Å². The third-order valence-corrected chi connectivity index (χ3v) is 13.0. The maximum Gasteiger partial charge on any atom is 0.0467 e. The Kier molecular flexibility index (Phi) is 9.11. The predicted octanol–water partition coefficient (Wildman–Crippen LogP) is 17.0. The summed E-state index contributed by atoms with van der Waals surface area (Å²) in [5, 5.41) is 5.12. The van der Waals surface area contributed by atoms with Gasteiger partial charge in [-0.15, -0.1) is 11.3 Å². The second kappa shape index (κ2) is 15.3. The van der Waals surface area contributed by atoms with Crippen LogP contribution in [0.15, 0.2) is 237 Å². The molecule has 0 aliphatic heterocycles. The maximum absolute atomic E-state index is 2.37. The molecule has 2 heteroatoms. The van der Waals surface area contributed by atoms with E-state index in [2.05, 4.69) is 241 Å². The molecule has 0 radical (unpaired) electrons. The van der Waals surface area contributed by atoms with Crippen LogP contribution in [0, 0.1) is 0 Å². The van der Waals surface area contributed by atoms with Gasteiger partial charge in [-0.3, -0.25) is 0 Å². The maximum atomic E-state index is 2.37. The van der Waals surface area contributed by atoms with Crippen molar-refractivity contribution in [2.24, 2.45) is 0 Å². The summed E-state index contributed by atoms with van der Waals surface area (Å²) in [6.07, 6.45) is 0. The summed E-state index contributed by atoms with van der Waals surface area (Å²) in [6.45, 7) is 0. The van der Waals surface area contributed by atoms with Crippen molar-refractivity contribution in [1.29, 1.82) is 0 Å². The fourth-order valence-corrected chi connectivity index (χ4v) is 10.1. The number of thiophene rings is 1. The van der Waals surface area contributed by atoms with Gasteiger partial charge in [0.1, 0.15) is 0 Å². The van der Waals surface area contributed by atoms with Gasteiger partial charge in [-0.25, -0.2) is 0 Å². The lowest BCUT2D eigenvalue weighted by Gasteiger charge is -2.26. The molecular weight excluding hydrogens is 743 g/mol. The second-order valence-corrected chi connectivity index (χ2v) is 16.3. The summed E-state index contributed by atoms with van der Waals surface area (Å²) in [5.74, 6) is 0. The van der Waals surface area contributed by atoms with Gasteiger partial charge in [0.2, 0.25) is 0 Å². The van der Waals surface area contributed by atoms with E-state index >= 15 is 0 Å². The Labute approximate surface area is 354 Å². The van der Waals surface area contributed by atoms with Gasteiger partial charge < -0.3 is 4.90 Å². The highest BCUT2D eigenvalue weighted by Gasteiger charge is 2.17. The van der Waals surface area contributed by atoms with E-state index in [9.17, 15) is 0 Å². The number of hydrogen-bond donors (Lipinski definition) is 0. The highest BCUT2D eigenvalue weighted by Crippen LogP contribution is 2.45. The smallest absolute Gasteiger partial charge is 0.0467 e. The van der Waals surface area contributed by atoms with Crippen LogP contribution in [0.4, 0.5) is 17.1 Å². The number of rotatable bonds is 8. The molecule has 282 valence electrons. The van der Waals surface area contributed by atoms with Gasteiger partial charge in [0.25, 0.3) is 0 Å². The summed E-state index contributed by atoms with van der Waals surface area (Å²) in [5.41, 5.74) is 15.5. The Morgan fingerprint density at radius 3 is 1.38 bits per heavy atom. The number of nitrogens with zero attached hydrogens (tertiary/aromatic N) is 1. The first kappa shape index (κ1) is 35.6. The van der Waals surface area contributed by atoms with Gasteiger partial charge in [0, 0.05) is 37.2 Å². The average Bonchev–Trinajstić information content (AvgIpc) is 3.72. The fourth-order valence-electron chi connectivity index (χ4n) is 8.73. The monoisotopic (exact) mass is 781 g/mol. The van der Waals surface area contributed by atoms with Crippen LogP contribution >= 0.6 is 11.3 Å². The molecule has 1 heterocycles. The molecule has 0 bridgehead atoms. The van der Waals surface area contributed by atoms with Crippen molar-refractivity contribution < 1.29 is 0 Å². The van der Waals surface area contributed by atoms with Gasteiger partial charge in [0.15, 0.2) is 0 Å². The van der Waals surface area contributed by atoms with Crippen molar-refractivity contribution in [2.75, 3.05) is 4.90 Å². The van der Waals surface area contributed by atoms with Crippen LogP contribution in [0.2, 0.25) is 0 Å². The zero-order valence-electron chi connectivity index (χ0n) is 32.9. The number of fused-ring (bicyclic) bond motifs is 4. The van der Waals surface area contributed by atoms with Gasteiger partial charge in [0.05, 0.1) is 0 Å². The quantitative estimate of drug-likeness (QED) is 0.148. The SMILES string of the molecule is c1ccc(-c2ccc(N(c3ccc(-c4cccc5ccccc45)cc3)c3cccc(-c4cccc(-c5cccc6c5sc5c(-c7ccccc7)cccc56)c4)c3)cc2)cc1. The molecule has 0 N–H and O–H groups in total. The first-order valence-electron chi connectivity index (χ1n) is 20.5. The molecule has 0 aliphatic rings. The van der Waals surface area contributed by atoms with Crippen LogP contribution in [0.1, 0.15) is 0 Å². The Hall–Kier alpha value is -7.52. The van der Waals surface area contributed by atoms with Crippen LogP contribution in [-0.4, -0.2) is 0 Å². The van der Waals surface area contributed by atoms with E-state index in [0.29, 0.717) is 0 Å². The summed E-state index contributed by atoms with van der Waals surface area (Å²) in [4.78, 5) is 2.37. The molecule has 0 unspecified atom stereocenters. The molecule has 0 spiro atoms. The number of anilines is 3. The summed E-state index contributed by atoms with van der Waals surface area (Å²) in [6, 6.07) is 85.9. The Bertz CT molecular complexity index is 3290. The molecule has 1 aromatic heterocycles. The molecule has 0 saturated heterocycles. The van der Waals surface area contributed by atoms with Gasteiger partial charge in [-0.2, -0.15) is 0 Å². The highest BCUT2D eigenvalue weighted by molar-refractivity contribution is 7.26. The van der Waals surface area contributed by atoms with Gasteiger partial charge in [-0.05, 0) is 109 Å². The van der Waals surface area contributed by atoms with Gasteiger partial charge in [-0.1, -0.05) is 194 Å². The Morgan fingerprint density at radius 1 is 0.250 bits per heavy atom. The molecule has 11 aromatic rings. The number of benzene rings is 10. The van der Waals surface area contributed by atoms with E-state index in [0.717, 1.165) is 17.1 Å². The molecule has 0 saturated carbocycles. The van der Waals surface area contributed by atoms with Crippen molar-refractivity contribution in [1.82, 2.24) is 0 Å². The third-order valence-electron chi connectivity index (χ3n) is 11.7. The molecule has 0 aliphatic carbocycles. The minimum Gasteiger partial charge on any atom is -0.310 e. The van der Waals surface area contributed by atoms with E-state index in [1.54, 1.807) is 0 Å². The van der Waals surface area contributed by atoms with E-state index in [4.69, 9.17) is 0 Å². The normalized spacial score (nSPS) is 11.3. The Morgan fingerprint density at radius 2 is 0.683 bits per heavy atom. The van der Waals surface area contributed by atoms with E-state index < -0.39 is 0 Å². The zero-order valence-corrected chi connectivity index (χ0v) is 33.7. The van der Waals surface area contributed by atoms with Crippen LogP contribution in [-0.2, 0) is 0 Å². The van der Waals surface area contributed by atoms with E-state index in [-0.39, 0.29) is 0 Å². The van der Waals surface area contributed by atoms with Gasteiger partial charge >= 0.3 is 0 Å². The summed E-state index contributed by atoms with van der Waals surface area (Å²) >= 11 is 1.90. The standard InChI is InChI=1S/C58H39NS/c1-3-14-40(15-4-1)41-30-34-48(35-31-41)59(49-36-32-44(33-37-49)52-25-11-19-42-18-7-8-24-51(42)52)50-23-10-21-46(39-50)45-20-9-22-47(38-45)54-27-13-29-56-55-28-12-26-53(57(55)60-58(54)56)43-16-5-2-6-17-43/h1-39H. The average molecular weight is 782 g/mol. The molecule has 0 fully saturated rings. The van der Waals surface area contributed by atoms with Crippen LogP contribution in [0.3, 0.4) is 0 Å². The lowest BCUT2D eigenvalue weighted by molar-refractivity contribution is 1.28. The topological polar surface area (TPSA) is 3.24 Å². The van der Waals surface area contributed by atoms with Crippen LogP contribution < -0.4 is 4.90 Å². The minimum atomic E-state index is 1.10. The minimum absolute atomic E-state index is 1.10. The van der Waals surface area contributed by atoms with Crippen molar-refractivity contribution in [3.8, 4) is 55.6 Å². The largest absolute Gasteiger partial charge is 0.310 e. The van der Waals surface area contributed by atoms with Crippen molar-refractivity contribution in [3.63, 3.8) is 0 Å². The molecule has 1 nitrogen and oxygen atoms in total. The fraction of sp³-hybridized carbons (Fsp3) is 0. The summed E-state index contributed by atoms with van der Waals surface area (Å²) < 4.78 is 2.65. The lowest BCUT2D eigenvalue weighted by atomic mass is 9.96. The first-order valence-corrected chi connectivity index (χ1v) is 21.3. The molecule has 0 amide bonds. The third kappa shape index (κ3) is 6.54. The molecular formula is C58H39NS. The van der Waals surface area contributed by atoms with E-state index in [1.165, 1.54) is 86.6 Å². The van der Waals surface area contributed by atoms with Crippen LogP contribution in [0.5, 0.6) is 0 Å². The molecule has 11 rings (SSSR count). The van der Waals surface area contributed by atoms with Crippen molar-refractivity contribution in [3.05, 3.63) is 237 Å². The summed E-state index contributed by atoms with van der Waals surface area (Å²) in [7, 11) is 0. The predicted molar refractivity (Wildman–Crippen MR) is 259 cm³/mol. The Balaban J connectivity index is 0.990. The second-order valence-electron chi connectivity index (χ2n) is 15.3. The highest BCUT2D eigenvalue weighted by atomic mass is 32.1. The van der Waals surface area contributed by atoms with Crippen molar-refractivity contribution >= 4 is 59.3 Å². The molecule has 0 atom stereocenters. The lowest BCUT2D eigenvalue weighted by Crippen LogP contribution is -2.10. The first-order chi connectivity index (χ1) is 29.7. The van der Waals surface area contributed by atoms with E-state index in [1.807, 2.05) is 11.3 Å².